The minimum absolute atomic E-state index is 0.0273. The number of hydrogen-bond donors (Lipinski definition) is 4. The van der Waals surface area contributed by atoms with E-state index in [-0.39, 0.29) is 31.1 Å². The summed E-state index contributed by atoms with van der Waals surface area (Å²) in [5.41, 5.74) is 6.26. The molecule has 5 atom stereocenters. The highest BCUT2D eigenvalue weighted by atomic mass is 16.5. The molecule has 12 nitrogen and oxygen atoms in total. The van der Waals surface area contributed by atoms with Gasteiger partial charge in [-0.3, -0.25) is 19.2 Å². The topological polar surface area (TPSA) is 173 Å². The van der Waals surface area contributed by atoms with Gasteiger partial charge in [-0.15, -0.1) is 0 Å². The number of benzene rings is 2. The van der Waals surface area contributed by atoms with Gasteiger partial charge in [-0.2, -0.15) is 0 Å². The lowest BCUT2D eigenvalue weighted by atomic mass is 9.85. The third-order valence-corrected chi connectivity index (χ3v) is 8.38. The molecule has 3 aromatic rings. The van der Waals surface area contributed by atoms with Crippen LogP contribution in [-0.2, 0) is 36.9 Å². The molecular formula is C33H39N5O7. The maximum absolute atomic E-state index is 14.2. The summed E-state index contributed by atoms with van der Waals surface area (Å²) in [4.78, 5) is 70.4. The van der Waals surface area contributed by atoms with Crippen LogP contribution in [0.15, 0.2) is 65.5 Å². The average molecular weight is 618 g/mol. The van der Waals surface area contributed by atoms with Gasteiger partial charge in [0.15, 0.2) is 0 Å². The van der Waals surface area contributed by atoms with Crippen LogP contribution in [0.1, 0.15) is 44.7 Å². The molecule has 0 radical (unpaired) electrons. The molecule has 12 heteroatoms. The fourth-order valence-electron chi connectivity index (χ4n) is 6.03. The van der Waals surface area contributed by atoms with Crippen LogP contribution in [0.2, 0.25) is 0 Å². The average Bonchev–Trinajstić information content (AvgIpc) is 3.60. The van der Waals surface area contributed by atoms with E-state index in [4.69, 9.17) is 15.2 Å². The molecule has 0 spiro atoms. The highest BCUT2D eigenvalue weighted by Gasteiger charge is 2.52. The number of H-pyrrole nitrogens is 1. The van der Waals surface area contributed by atoms with E-state index in [1.54, 1.807) is 18.2 Å². The van der Waals surface area contributed by atoms with Crippen molar-refractivity contribution in [3.8, 4) is 0 Å². The molecule has 5 rings (SSSR count). The number of aromatic nitrogens is 1. The minimum Gasteiger partial charge on any atom is -0.445 e. The summed E-state index contributed by atoms with van der Waals surface area (Å²) in [6.07, 6.45) is -0.558. The van der Waals surface area contributed by atoms with Crippen LogP contribution in [0.25, 0.3) is 10.9 Å². The lowest BCUT2D eigenvalue weighted by Crippen LogP contribution is -2.60. The Morgan fingerprint density at radius 3 is 2.49 bits per heavy atom. The van der Waals surface area contributed by atoms with Gasteiger partial charge in [-0.1, -0.05) is 69.3 Å². The molecule has 5 N–H and O–H groups in total. The van der Waals surface area contributed by atoms with E-state index >= 15 is 0 Å². The molecule has 1 aromatic heterocycles. The summed E-state index contributed by atoms with van der Waals surface area (Å²) < 4.78 is 11.2. The first-order valence-electron chi connectivity index (χ1n) is 15.0. The number of pyridine rings is 1. The Kier molecular flexibility index (Phi) is 9.24. The first kappa shape index (κ1) is 31.7. The van der Waals surface area contributed by atoms with Crippen molar-refractivity contribution < 1.29 is 28.7 Å². The number of hydrogen-bond acceptors (Lipinski definition) is 7. The standard InChI is InChI=1S/C33H39N5O7/c1-33(2,3)27(37-32(43)45-18-19-9-5-4-6-10-19)31(42)38-24-13-14-44-26(24)17-25(38)30(41)36-23(28(34)39)16-21-15-20-11-7-8-12-22(20)35-29(21)40/h4-12,15,23-27H,13-14,16-18H2,1-3H3,(H2,34,39)(H,35,40)(H,36,41)(H,37,43)/t23-,24+,25?,26+,27+/m0/s1. The van der Waals surface area contributed by atoms with Crippen molar-refractivity contribution >= 4 is 34.7 Å². The third-order valence-electron chi connectivity index (χ3n) is 8.38. The van der Waals surface area contributed by atoms with Gasteiger partial charge in [-0.25, -0.2) is 4.79 Å². The number of amides is 4. The van der Waals surface area contributed by atoms with E-state index in [0.29, 0.717) is 18.5 Å². The molecule has 4 amide bonds. The zero-order valence-electron chi connectivity index (χ0n) is 25.6. The van der Waals surface area contributed by atoms with Gasteiger partial charge in [0.25, 0.3) is 5.56 Å². The SMILES string of the molecule is CC(C)(C)[C@H](NC(=O)OCc1ccccc1)C(=O)N1C(C(=O)N[C@@H](Cc2cc3ccccc3[nH]c2=O)C(N)=O)C[C@H]2OCC[C@H]21. The molecule has 2 saturated heterocycles. The highest BCUT2D eigenvalue weighted by Crippen LogP contribution is 2.36. The third kappa shape index (κ3) is 7.17. The van der Waals surface area contributed by atoms with Crippen LogP contribution in [0, 0.1) is 5.41 Å². The van der Waals surface area contributed by atoms with Crippen LogP contribution in [0.3, 0.4) is 0 Å². The van der Waals surface area contributed by atoms with Crippen molar-refractivity contribution in [2.24, 2.45) is 11.1 Å². The summed E-state index contributed by atoms with van der Waals surface area (Å²) in [5, 5.41) is 6.17. The van der Waals surface area contributed by atoms with Gasteiger partial charge in [0.05, 0.1) is 12.1 Å². The lowest BCUT2D eigenvalue weighted by Gasteiger charge is -2.37. The van der Waals surface area contributed by atoms with Crippen LogP contribution in [0.4, 0.5) is 4.79 Å². The van der Waals surface area contributed by atoms with Gasteiger partial charge in [0, 0.05) is 30.5 Å². The lowest BCUT2D eigenvalue weighted by molar-refractivity contribution is -0.144. The van der Waals surface area contributed by atoms with Crippen molar-refractivity contribution in [1.29, 1.82) is 0 Å². The van der Waals surface area contributed by atoms with Crippen LogP contribution >= 0.6 is 0 Å². The molecule has 2 aromatic carbocycles. The molecule has 2 aliphatic heterocycles. The monoisotopic (exact) mass is 617 g/mol. The zero-order chi connectivity index (χ0) is 32.3. The van der Waals surface area contributed by atoms with E-state index in [2.05, 4.69) is 15.6 Å². The van der Waals surface area contributed by atoms with E-state index in [1.165, 1.54) is 4.90 Å². The number of likely N-dealkylation sites (tertiary alicyclic amines) is 1. The van der Waals surface area contributed by atoms with Crippen molar-refractivity contribution in [3.05, 3.63) is 82.1 Å². The second-order valence-electron chi connectivity index (χ2n) is 12.6. The number of carbonyl (C=O) groups excluding carboxylic acids is 4. The van der Waals surface area contributed by atoms with Gasteiger partial charge in [0.1, 0.15) is 24.7 Å². The van der Waals surface area contributed by atoms with E-state index in [1.807, 2.05) is 63.2 Å². The number of primary amides is 1. The number of nitrogens with two attached hydrogens (primary N) is 1. The minimum atomic E-state index is -1.21. The van der Waals surface area contributed by atoms with Crippen molar-refractivity contribution in [2.75, 3.05) is 6.61 Å². The van der Waals surface area contributed by atoms with Crippen molar-refractivity contribution in [1.82, 2.24) is 20.5 Å². The van der Waals surface area contributed by atoms with Gasteiger partial charge in [-0.05, 0) is 34.9 Å². The Hall–Kier alpha value is -4.71. The van der Waals surface area contributed by atoms with Crippen LogP contribution in [0.5, 0.6) is 0 Å². The van der Waals surface area contributed by atoms with Gasteiger partial charge < -0.3 is 35.7 Å². The van der Waals surface area contributed by atoms with Crippen molar-refractivity contribution in [3.63, 3.8) is 0 Å². The number of para-hydroxylation sites is 1. The molecule has 0 bridgehead atoms. The zero-order valence-corrected chi connectivity index (χ0v) is 25.6. The number of alkyl carbamates (subject to hydrolysis) is 1. The molecule has 45 heavy (non-hydrogen) atoms. The Balaban J connectivity index is 1.34. The number of aromatic amines is 1. The normalized spacial score (nSPS) is 20.7. The number of rotatable bonds is 9. The van der Waals surface area contributed by atoms with E-state index in [0.717, 1.165) is 10.9 Å². The number of fused-ring (bicyclic) bond motifs is 2. The van der Waals surface area contributed by atoms with Crippen LogP contribution in [-0.4, -0.2) is 70.6 Å². The Bertz CT molecular complexity index is 1630. The smallest absolute Gasteiger partial charge is 0.408 e. The highest BCUT2D eigenvalue weighted by molar-refractivity contribution is 5.95. The first-order chi connectivity index (χ1) is 21.4. The first-order valence-corrected chi connectivity index (χ1v) is 15.0. The Labute approximate surface area is 260 Å². The fraction of sp³-hybridized carbons (Fsp3) is 0.424. The van der Waals surface area contributed by atoms with Gasteiger partial charge >= 0.3 is 6.09 Å². The predicted molar refractivity (Wildman–Crippen MR) is 166 cm³/mol. The summed E-state index contributed by atoms with van der Waals surface area (Å²) in [5.74, 6) is -1.88. The fourth-order valence-corrected chi connectivity index (χ4v) is 6.03. The molecule has 0 saturated carbocycles. The maximum Gasteiger partial charge on any atom is 0.408 e. The van der Waals surface area contributed by atoms with Crippen LogP contribution < -0.4 is 21.9 Å². The summed E-state index contributed by atoms with van der Waals surface area (Å²) in [6.45, 7) is 5.88. The Morgan fingerprint density at radius 2 is 1.78 bits per heavy atom. The summed E-state index contributed by atoms with van der Waals surface area (Å²) in [7, 11) is 0. The number of ether oxygens (including phenoxy) is 2. The van der Waals surface area contributed by atoms with E-state index in [9.17, 15) is 24.0 Å². The molecule has 0 aliphatic carbocycles. The molecule has 1 unspecified atom stereocenters. The molecule has 2 aliphatic rings. The Morgan fingerprint density at radius 1 is 1.07 bits per heavy atom. The molecule has 238 valence electrons. The summed E-state index contributed by atoms with van der Waals surface area (Å²) >= 11 is 0. The molecule has 3 heterocycles. The second kappa shape index (κ2) is 13.1. The number of carbonyl (C=O) groups is 4. The number of nitrogens with zero attached hydrogens (tertiary/aromatic N) is 1. The quantitative estimate of drug-likeness (QED) is 0.285. The maximum atomic E-state index is 14.2. The van der Waals surface area contributed by atoms with Gasteiger partial charge in [0.2, 0.25) is 17.7 Å². The number of nitrogens with one attached hydrogen (secondary N) is 3. The molecular weight excluding hydrogens is 578 g/mol. The van der Waals surface area contributed by atoms with E-state index < -0.39 is 59.0 Å². The predicted octanol–water partition coefficient (Wildman–Crippen LogP) is 2.14. The second-order valence-corrected chi connectivity index (χ2v) is 12.6. The summed E-state index contributed by atoms with van der Waals surface area (Å²) in [6, 6.07) is 14.4. The molecule has 2 fully saturated rings. The van der Waals surface area contributed by atoms with Crippen molar-refractivity contribution in [2.45, 2.75) is 76.9 Å². The largest absolute Gasteiger partial charge is 0.445 e.